The molecule has 0 saturated heterocycles. The van der Waals surface area contributed by atoms with Gasteiger partial charge in [-0.25, -0.2) is 0 Å². The lowest BCUT2D eigenvalue weighted by Gasteiger charge is -2.19. The topological polar surface area (TPSA) is 43.4 Å². The van der Waals surface area contributed by atoms with Gasteiger partial charge in [-0.2, -0.15) is 13.2 Å². The van der Waals surface area contributed by atoms with E-state index in [1.165, 1.54) is 18.2 Å². The van der Waals surface area contributed by atoms with Crippen molar-refractivity contribution in [3.8, 4) is 0 Å². The van der Waals surface area contributed by atoms with Crippen molar-refractivity contribution in [1.82, 2.24) is 0 Å². The van der Waals surface area contributed by atoms with Crippen LogP contribution < -0.4 is 0 Å². The summed E-state index contributed by atoms with van der Waals surface area (Å²) in [6.07, 6.45) is -5.51. The van der Waals surface area contributed by atoms with Crippen molar-refractivity contribution in [2.75, 3.05) is 0 Å². The van der Waals surface area contributed by atoms with E-state index in [1.54, 1.807) is 20.8 Å². The monoisotopic (exact) mass is 302 g/mol. The first-order valence-electron chi connectivity index (χ1n) is 6.38. The Bertz CT molecular complexity index is 528. The number of hydrogen-bond acceptors (Lipinski definition) is 3. The van der Waals surface area contributed by atoms with Crippen molar-refractivity contribution >= 4 is 11.8 Å². The molecule has 3 nitrogen and oxygen atoms in total. The molecule has 0 N–H and O–H groups in total. The number of rotatable bonds is 4. The van der Waals surface area contributed by atoms with E-state index in [0.29, 0.717) is 0 Å². The molecule has 0 bridgehead atoms. The van der Waals surface area contributed by atoms with Crippen LogP contribution in [0.1, 0.15) is 38.3 Å². The van der Waals surface area contributed by atoms with Crippen molar-refractivity contribution in [1.29, 1.82) is 0 Å². The van der Waals surface area contributed by atoms with Crippen LogP contribution in [0.5, 0.6) is 0 Å². The summed E-state index contributed by atoms with van der Waals surface area (Å²) in [5.41, 5.74) is -1.73. The molecule has 116 valence electrons. The fourth-order valence-corrected chi connectivity index (χ4v) is 1.76. The van der Waals surface area contributed by atoms with Crippen molar-refractivity contribution in [3.05, 3.63) is 35.4 Å². The number of benzene rings is 1. The fourth-order valence-electron chi connectivity index (χ4n) is 1.76. The predicted molar refractivity (Wildman–Crippen MR) is 70.6 cm³/mol. The van der Waals surface area contributed by atoms with Crippen LogP contribution in [0.15, 0.2) is 24.3 Å². The highest BCUT2D eigenvalue weighted by molar-refractivity contribution is 5.96. The van der Waals surface area contributed by atoms with Crippen LogP contribution in [0.3, 0.4) is 0 Å². The molecule has 0 aliphatic carbocycles. The Morgan fingerprint density at radius 2 is 1.67 bits per heavy atom. The molecule has 0 fully saturated rings. The quantitative estimate of drug-likeness (QED) is 0.631. The molecular formula is C15H17F3O3. The molecule has 21 heavy (non-hydrogen) atoms. The Hall–Kier alpha value is -1.85. The summed E-state index contributed by atoms with van der Waals surface area (Å²) in [4.78, 5) is 23.2. The third-order valence-electron chi connectivity index (χ3n) is 2.47. The normalized spacial score (nSPS) is 12.1. The zero-order valence-electron chi connectivity index (χ0n) is 12.1. The minimum Gasteiger partial charge on any atom is -0.460 e. The van der Waals surface area contributed by atoms with Gasteiger partial charge in [-0.1, -0.05) is 18.2 Å². The first-order chi connectivity index (χ1) is 9.49. The second kappa shape index (κ2) is 6.28. The molecule has 0 amide bonds. The number of Topliss-reactive ketones (excluding diaryl/α,β-unsaturated/α-hetero) is 1. The van der Waals surface area contributed by atoms with Crippen LogP contribution in [0.25, 0.3) is 0 Å². The maximum Gasteiger partial charge on any atom is 0.416 e. The Morgan fingerprint density at radius 1 is 1.10 bits per heavy atom. The summed E-state index contributed by atoms with van der Waals surface area (Å²) in [5, 5.41) is 0. The molecule has 1 aromatic carbocycles. The van der Waals surface area contributed by atoms with Gasteiger partial charge in [0.2, 0.25) is 0 Å². The first kappa shape index (κ1) is 17.2. The second-order valence-corrected chi connectivity index (χ2v) is 5.63. The molecule has 0 saturated carbocycles. The zero-order valence-corrected chi connectivity index (χ0v) is 12.1. The Morgan fingerprint density at radius 3 is 2.19 bits per heavy atom. The summed E-state index contributed by atoms with van der Waals surface area (Å²) in [7, 11) is 0. The molecule has 0 atom stereocenters. The predicted octanol–water partition coefficient (Wildman–Crippen LogP) is 3.55. The van der Waals surface area contributed by atoms with E-state index < -0.39 is 41.9 Å². The van der Waals surface area contributed by atoms with Crippen molar-refractivity contribution in [3.63, 3.8) is 0 Å². The van der Waals surface area contributed by atoms with E-state index in [2.05, 4.69) is 0 Å². The molecule has 0 heterocycles. The largest absolute Gasteiger partial charge is 0.460 e. The van der Waals surface area contributed by atoms with Crippen LogP contribution in [0.2, 0.25) is 0 Å². The number of carbonyl (C=O) groups excluding carboxylic acids is 2. The first-order valence-corrected chi connectivity index (χ1v) is 6.38. The average molecular weight is 302 g/mol. The number of ether oxygens (including phenoxy) is 1. The molecule has 0 aliphatic heterocycles. The highest BCUT2D eigenvalue weighted by atomic mass is 19.4. The lowest BCUT2D eigenvalue weighted by molar-refractivity contribution is -0.156. The SMILES string of the molecule is CC(C)(C)OC(=O)CC(=O)Cc1ccccc1C(F)(F)F. The van der Waals surface area contributed by atoms with Gasteiger partial charge < -0.3 is 4.74 Å². The summed E-state index contributed by atoms with van der Waals surface area (Å²) in [6.45, 7) is 4.94. The van der Waals surface area contributed by atoms with Crippen LogP contribution in [0.4, 0.5) is 13.2 Å². The van der Waals surface area contributed by atoms with E-state index in [0.717, 1.165) is 6.07 Å². The van der Waals surface area contributed by atoms with E-state index in [-0.39, 0.29) is 5.56 Å². The highest BCUT2D eigenvalue weighted by Gasteiger charge is 2.33. The zero-order chi connectivity index (χ0) is 16.3. The third kappa shape index (κ3) is 5.97. The molecule has 0 unspecified atom stereocenters. The molecule has 6 heteroatoms. The van der Waals surface area contributed by atoms with E-state index in [9.17, 15) is 22.8 Å². The molecule has 0 spiro atoms. The van der Waals surface area contributed by atoms with Gasteiger partial charge in [0.15, 0.2) is 0 Å². The Labute approximate surface area is 121 Å². The summed E-state index contributed by atoms with van der Waals surface area (Å²) < 4.78 is 43.3. The van der Waals surface area contributed by atoms with E-state index in [1.807, 2.05) is 0 Å². The number of esters is 1. The fraction of sp³-hybridized carbons (Fsp3) is 0.467. The summed E-state index contributed by atoms with van der Waals surface area (Å²) in [5.74, 6) is -1.35. The number of hydrogen-bond donors (Lipinski definition) is 0. The lowest BCUT2D eigenvalue weighted by atomic mass is 10.0. The van der Waals surface area contributed by atoms with Gasteiger partial charge in [0.25, 0.3) is 0 Å². The third-order valence-corrected chi connectivity index (χ3v) is 2.47. The van der Waals surface area contributed by atoms with Gasteiger partial charge in [-0.05, 0) is 32.4 Å². The van der Waals surface area contributed by atoms with Crippen LogP contribution in [0, 0.1) is 0 Å². The molecular weight excluding hydrogens is 285 g/mol. The molecule has 0 aromatic heterocycles. The summed E-state index contributed by atoms with van der Waals surface area (Å²) in [6, 6.07) is 4.82. The van der Waals surface area contributed by atoms with Crippen molar-refractivity contribution < 1.29 is 27.5 Å². The minimum absolute atomic E-state index is 0.140. The number of alkyl halides is 3. The average Bonchev–Trinajstić information content (AvgIpc) is 2.24. The van der Waals surface area contributed by atoms with Crippen LogP contribution >= 0.6 is 0 Å². The Kier molecular flexibility index (Phi) is 5.15. The molecule has 0 aliphatic rings. The maximum absolute atomic E-state index is 12.8. The van der Waals surface area contributed by atoms with E-state index >= 15 is 0 Å². The molecule has 1 aromatic rings. The second-order valence-electron chi connectivity index (χ2n) is 5.63. The maximum atomic E-state index is 12.8. The van der Waals surface area contributed by atoms with E-state index in [4.69, 9.17) is 4.74 Å². The van der Waals surface area contributed by atoms with Gasteiger partial charge in [0.1, 0.15) is 17.8 Å². The number of carbonyl (C=O) groups is 2. The van der Waals surface area contributed by atoms with Gasteiger partial charge >= 0.3 is 12.1 Å². The van der Waals surface area contributed by atoms with Crippen LogP contribution in [-0.2, 0) is 26.9 Å². The Balaban J connectivity index is 2.75. The van der Waals surface area contributed by atoms with Crippen molar-refractivity contribution in [2.45, 2.75) is 45.4 Å². The van der Waals surface area contributed by atoms with Crippen molar-refractivity contribution in [2.24, 2.45) is 0 Å². The van der Waals surface area contributed by atoms with Gasteiger partial charge in [-0.15, -0.1) is 0 Å². The number of halogens is 3. The molecule has 0 radical (unpaired) electrons. The minimum atomic E-state index is -4.53. The highest BCUT2D eigenvalue weighted by Crippen LogP contribution is 2.32. The molecule has 1 rings (SSSR count). The standard InChI is InChI=1S/C15H17F3O3/c1-14(2,3)21-13(20)9-11(19)8-10-6-4-5-7-12(10)15(16,17)18/h4-7H,8-9H2,1-3H3. The van der Waals surface area contributed by atoms with Crippen LogP contribution in [-0.4, -0.2) is 17.4 Å². The summed E-state index contributed by atoms with van der Waals surface area (Å²) >= 11 is 0. The smallest absolute Gasteiger partial charge is 0.416 e. The lowest BCUT2D eigenvalue weighted by Crippen LogP contribution is -2.26. The number of ketones is 1. The van der Waals surface area contributed by atoms with Gasteiger partial charge in [0.05, 0.1) is 5.56 Å². The van der Waals surface area contributed by atoms with Gasteiger partial charge in [-0.3, -0.25) is 9.59 Å². The van der Waals surface area contributed by atoms with Gasteiger partial charge in [0, 0.05) is 6.42 Å².